The molecule has 7 heteroatoms. The number of hydrogen-bond donors (Lipinski definition) is 0. The molecule has 0 saturated heterocycles. The molecule has 0 aliphatic heterocycles. The quantitative estimate of drug-likeness (QED) is 0.218. The van der Waals surface area contributed by atoms with Crippen molar-refractivity contribution < 1.29 is 12.3 Å². The average Bonchev–Trinajstić information content (AvgIpc) is 2.38. The first kappa shape index (κ1) is 25.7. The van der Waals surface area contributed by atoms with E-state index in [-0.39, 0.29) is 0 Å². The van der Waals surface area contributed by atoms with Crippen LogP contribution in [0.4, 0.5) is 0 Å². The Kier molecular flexibility index (Phi) is 11.2. The summed E-state index contributed by atoms with van der Waals surface area (Å²) in [6.45, 7) is 22.7. The van der Waals surface area contributed by atoms with E-state index < -0.39 is 33.8 Å². The van der Waals surface area contributed by atoms with Gasteiger partial charge in [0.1, 0.15) is 0 Å². The lowest BCUT2D eigenvalue weighted by Crippen LogP contribution is -2.57. The maximum Gasteiger partial charge on any atom is 0.315 e. The molecule has 0 saturated carbocycles. The molecule has 0 amide bonds. The maximum atomic E-state index is 6.78. The van der Waals surface area contributed by atoms with E-state index >= 15 is 0 Å². The van der Waals surface area contributed by atoms with E-state index in [1.165, 1.54) is 38.5 Å². The van der Waals surface area contributed by atoms with Crippen molar-refractivity contribution in [3.63, 3.8) is 0 Å². The van der Waals surface area contributed by atoms with Crippen LogP contribution in [0.25, 0.3) is 0 Å². The fraction of sp³-hybridized carbons (Fsp3) is 1.00. The molecule has 0 N–H and O–H groups in total. The zero-order valence-corrected chi connectivity index (χ0v) is 22.9. The summed E-state index contributed by atoms with van der Waals surface area (Å²) in [6.07, 6.45) is 7.92. The van der Waals surface area contributed by atoms with Crippen molar-refractivity contribution in [1.29, 1.82) is 0 Å². The van der Waals surface area contributed by atoms with E-state index in [0.717, 1.165) is 12.1 Å². The fourth-order valence-electron chi connectivity index (χ4n) is 3.28. The minimum Gasteiger partial charge on any atom is -0.437 e. The molecule has 0 aliphatic rings. The third-order valence-corrected chi connectivity index (χ3v) is 19.4. The van der Waals surface area contributed by atoms with Gasteiger partial charge in [-0.25, -0.2) is 0 Å². The molecule has 3 nitrogen and oxygen atoms in total. The van der Waals surface area contributed by atoms with Crippen LogP contribution in [0.2, 0.25) is 64.5 Å². The highest BCUT2D eigenvalue weighted by Crippen LogP contribution is 2.29. The van der Waals surface area contributed by atoms with Crippen molar-refractivity contribution in [2.75, 3.05) is 0 Å². The molecule has 0 heterocycles. The molecular weight excluding hydrogens is 377 g/mol. The Labute approximate surface area is 163 Å². The summed E-state index contributed by atoms with van der Waals surface area (Å²) in [4.78, 5) is 0. The van der Waals surface area contributed by atoms with Gasteiger partial charge in [-0.3, -0.25) is 0 Å². The van der Waals surface area contributed by atoms with Gasteiger partial charge in [-0.2, -0.15) is 0 Å². The summed E-state index contributed by atoms with van der Waals surface area (Å²) >= 11 is 0. The molecular formula is C18H46O3Si4. The van der Waals surface area contributed by atoms with E-state index in [0.29, 0.717) is 0 Å². The van der Waals surface area contributed by atoms with E-state index in [4.69, 9.17) is 12.3 Å². The van der Waals surface area contributed by atoms with Crippen molar-refractivity contribution >= 4 is 33.8 Å². The Hall–Kier alpha value is 0.748. The summed E-state index contributed by atoms with van der Waals surface area (Å²) in [5, 5.41) is 0. The van der Waals surface area contributed by atoms with Crippen LogP contribution in [0, 0.1) is 0 Å². The lowest BCUT2D eigenvalue weighted by molar-refractivity contribution is 0.320. The molecule has 152 valence electrons. The monoisotopic (exact) mass is 422 g/mol. The van der Waals surface area contributed by atoms with Crippen LogP contribution in [0.1, 0.15) is 52.4 Å². The van der Waals surface area contributed by atoms with Crippen molar-refractivity contribution in [3.05, 3.63) is 0 Å². The second kappa shape index (κ2) is 10.9. The second-order valence-electron chi connectivity index (χ2n) is 9.58. The second-order valence-corrected chi connectivity index (χ2v) is 26.1. The first-order valence-corrected chi connectivity index (χ1v) is 22.2. The minimum absolute atomic E-state index is 1.11. The third kappa shape index (κ3) is 13.5. The zero-order valence-electron chi connectivity index (χ0n) is 18.9. The summed E-state index contributed by atoms with van der Waals surface area (Å²) in [5.74, 6) is 0. The largest absolute Gasteiger partial charge is 0.437 e. The fourth-order valence-corrected chi connectivity index (χ4v) is 21.4. The summed E-state index contributed by atoms with van der Waals surface area (Å²) in [7, 11) is -7.57. The Morgan fingerprint density at radius 2 is 1.12 bits per heavy atom. The van der Waals surface area contributed by atoms with Gasteiger partial charge in [-0.05, 0) is 64.5 Å². The van der Waals surface area contributed by atoms with Crippen molar-refractivity contribution in [2.45, 2.75) is 117 Å². The van der Waals surface area contributed by atoms with E-state index in [1.54, 1.807) is 0 Å². The first-order chi connectivity index (χ1) is 11.2. The van der Waals surface area contributed by atoms with Gasteiger partial charge >= 0.3 is 17.1 Å². The molecule has 0 aromatic carbocycles. The molecule has 0 aromatic heterocycles. The van der Waals surface area contributed by atoms with Crippen LogP contribution in [-0.2, 0) is 12.3 Å². The lowest BCUT2D eigenvalue weighted by Gasteiger charge is -2.42. The van der Waals surface area contributed by atoms with Gasteiger partial charge in [0, 0.05) is 0 Å². The SMILES string of the molecule is CCCCCCCC[Si](C)(O[Si](C)(C)CC)O[Si](C)(C)O[Si](C)(C)C. The standard InChI is InChI=1S/C18H46O3Si4/c1-11-13-14-15-16-17-18-25(10,20-23(6,7)12-2)21-24(8,9)19-22(3,4)5/h11-18H2,1-10H3. The summed E-state index contributed by atoms with van der Waals surface area (Å²) < 4.78 is 20.0. The molecule has 0 rings (SSSR count). The number of unbranched alkanes of at least 4 members (excludes halogenated alkanes) is 5. The Bertz CT molecular complexity index is 370. The van der Waals surface area contributed by atoms with Crippen LogP contribution in [-0.4, -0.2) is 33.8 Å². The minimum atomic E-state index is -2.19. The maximum absolute atomic E-state index is 6.78. The predicted molar refractivity (Wildman–Crippen MR) is 122 cm³/mol. The van der Waals surface area contributed by atoms with Gasteiger partial charge in [0.05, 0.1) is 0 Å². The van der Waals surface area contributed by atoms with Crippen LogP contribution < -0.4 is 0 Å². The topological polar surface area (TPSA) is 27.7 Å². The normalized spacial score (nSPS) is 16.1. The molecule has 0 bridgehead atoms. The molecule has 0 aliphatic carbocycles. The lowest BCUT2D eigenvalue weighted by atomic mass is 10.1. The molecule has 0 spiro atoms. The highest BCUT2D eigenvalue weighted by atomic mass is 28.5. The zero-order chi connectivity index (χ0) is 19.8. The number of hydrogen-bond acceptors (Lipinski definition) is 3. The van der Waals surface area contributed by atoms with Crippen LogP contribution >= 0.6 is 0 Å². The highest BCUT2D eigenvalue weighted by Gasteiger charge is 2.44. The van der Waals surface area contributed by atoms with Gasteiger partial charge in [0.25, 0.3) is 0 Å². The number of rotatable bonds is 14. The average molecular weight is 423 g/mol. The van der Waals surface area contributed by atoms with E-state index in [1.807, 2.05) is 0 Å². The van der Waals surface area contributed by atoms with Gasteiger partial charge < -0.3 is 12.3 Å². The molecule has 1 unspecified atom stereocenters. The molecule has 25 heavy (non-hydrogen) atoms. The van der Waals surface area contributed by atoms with Crippen molar-refractivity contribution in [1.82, 2.24) is 0 Å². The molecule has 1 atom stereocenters. The first-order valence-electron chi connectivity index (χ1n) is 10.3. The van der Waals surface area contributed by atoms with Crippen LogP contribution in [0.5, 0.6) is 0 Å². The van der Waals surface area contributed by atoms with Crippen molar-refractivity contribution in [3.8, 4) is 0 Å². The summed E-state index contributed by atoms with van der Waals surface area (Å²) in [6, 6.07) is 2.26. The van der Waals surface area contributed by atoms with Crippen LogP contribution in [0.15, 0.2) is 0 Å². The van der Waals surface area contributed by atoms with Gasteiger partial charge in [0.2, 0.25) is 0 Å². The molecule has 0 radical (unpaired) electrons. The molecule has 0 fully saturated rings. The highest BCUT2D eigenvalue weighted by molar-refractivity contribution is 6.89. The Morgan fingerprint density at radius 1 is 0.600 bits per heavy atom. The Balaban J connectivity index is 4.89. The van der Waals surface area contributed by atoms with Gasteiger partial charge in [0.15, 0.2) is 16.6 Å². The van der Waals surface area contributed by atoms with Crippen LogP contribution in [0.3, 0.4) is 0 Å². The predicted octanol–water partition coefficient (Wildman–Crippen LogP) is 7.23. The smallest absolute Gasteiger partial charge is 0.315 e. The Morgan fingerprint density at radius 3 is 1.60 bits per heavy atom. The summed E-state index contributed by atoms with van der Waals surface area (Å²) in [5.41, 5.74) is 0. The van der Waals surface area contributed by atoms with Gasteiger partial charge in [-0.15, -0.1) is 0 Å². The van der Waals surface area contributed by atoms with Crippen molar-refractivity contribution in [2.24, 2.45) is 0 Å². The van der Waals surface area contributed by atoms with E-state index in [9.17, 15) is 0 Å². The third-order valence-electron chi connectivity index (χ3n) is 4.34. The molecule has 0 aromatic rings. The van der Waals surface area contributed by atoms with Gasteiger partial charge in [-0.1, -0.05) is 52.4 Å². The van der Waals surface area contributed by atoms with E-state index in [2.05, 4.69) is 66.2 Å².